The number of carboxylic acid groups (broad SMARTS) is 1. The first-order valence-electron chi connectivity index (χ1n) is 6.95. The highest BCUT2D eigenvalue weighted by molar-refractivity contribution is 6.05. The maximum absolute atomic E-state index is 12.5. The number of rotatable bonds is 5. The summed E-state index contributed by atoms with van der Waals surface area (Å²) in [5.41, 5.74) is 2.77. The highest BCUT2D eigenvalue weighted by Crippen LogP contribution is 2.18. The number of aromatic nitrogens is 2. The molecule has 6 nitrogen and oxygen atoms in total. The SMILES string of the molecule is CCc1nnc(C)cc1C(=O)Nc1ccccc1CC(=O)O. The number of hydrogen-bond donors (Lipinski definition) is 2. The molecule has 2 rings (SSSR count). The molecule has 1 amide bonds. The number of aliphatic carboxylic acids is 1. The number of carboxylic acids is 1. The Bertz CT molecular complexity index is 714. The van der Waals surface area contributed by atoms with E-state index in [9.17, 15) is 9.59 Å². The average molecular weight is 299 g/mol. The maximum atomic E-state index is 12.5. The Morgan fingerprint density at radius 3 is 2.64 bits per heavy atom. The predicted molar refractivity (Wildman–Crippen MR) is 81.9 cm³/mol. The Labute approximate surface area is 128 Å². The third kappa shape index (κ3) is 3.66. The molecule has 1 heterocycles. The normalized spacial score (nSPS) is 10.3. The van der Waals surface area contributed by atoms with E-state index in [0.717, 1.165) is 0 Å². The highest BCUT2D eigenvalue weighted by atomic mass is 16.4. The molecule has 0 aliphatic rings. The first kappa shape index (κ1) is 15.6. The van der Waals surface area contributed by atoms with E-state index in [1.807, 2.05) is 6.92 Å². The fourth-order valence-corrected chi connectivity index (χ4v) is 2.12. The molecule has 1 aromatic carbocycles. The summed E-state index contributed by atoms with van der Waals surface area (Å²) in [4.78, 5) is 23.3. The Morgan fingerprint density at radius 2 is 1.95 bits per heavy atom. The van der Waals surface area contributed by atoms with Crippen molar-refractivity contribution in [2.24, 2.45) is 0 Å². The second-order valence-electron chi connectivity index (χ2n) is 4.88. The molecule has 0 saturated carbocycles. The number of carbonyl (C=O) groups is 2. The monoisotopic (exact) mass is 299 g/mol. The minimum absolute atomic E-state index is 0.148. The molecule has 0 aliphatic heterocycles. The second kappa shape index (κ2) is 6.80. The van der Waals surface area contributed by atoms with Crippen LogP contribution in [0.5, 0.6) is 0 Å². The van der Waals surface area contributed by atoms with E-state index in [2.05, 4.69) is 15.5 Å². The van der Waals surface area contributed by atoms with Gasteiger partial charge in [-0.05, 0) is 31.0 Å². The van der Waals surface area contributed by atoms with Crippen molar-refractivity contribution in [1.82, 2.24) is 10.2 Å². The number of aryl methyl sites for hydroxylation is 2. The van der Waals surface area contributed by atoms with Gasteiger partial charge in [0.25, 0.3) is 5.91 Å². The van der Waals surface area contributed by atoms with Crippen molar-refractivity contribution in [2.75, 3.05) is 5.32 Å². The van der Waals surface area contributed by atoms with Gasteiger partial charge < -0.3 is 10.4 Å². The van der Waals surface area contributed by atoms with E-state index in [1.54, 1.807) is 37.3 Å². The molecule has 0 unspecified atom stereocenters. The fourth-order valence-electron chi connectivity index (χ4n) is 2.12. The molecule has 0 saturated heterocycles. The van der Waals surface area contributed by atoms with Crippen molar-refractivity contribution in [3.05, 3.63) is 52.8 Å². The Hall–Kier alpha value is -2.76. The van der Waals surface area contributed by atoms with Crippen molar-refractivity contribution >= 4 is 17.6 Å². The Morgan fingerprint density at radius 1 is 1.23 bits per heavy atom. The largest absolute Gasteiger partial charge is 0.481 e. The standard InChI is InChI=1S/C16H17N3O3/c1-3-13-12(8-10(2)18-19-13)16(22)17-14-7-5-4-6-11(14)9-15(20)21/h4-8H,3,9H2,1-2H3,(H,17,22)(H,20,21). The van der Waals surface area contributed by atoms with Gasteiger partial charge in [0.1, 0.15) is 0 Å². The number of nitrogens with zero attached hydrogens (tertiary/aromatic N) is 2. The second-order valence-corrected chi connectivity index (χ2v) is 4.88. The maximum Gasteiger partial charge on any atom is 0.307 e. The molecule has 6 heteroatoms. The first-order chi connectivity index (χ1) is 10.5. The third-order valence-electron chi connectivity index (χ3n) is 3.18. The van der Waals surface area contributed by atoms with Gasteiger partial charge in [-0.25, -0.2) is 0 Å². The van der Waals surface area contributed by atoms with Gasteiger partial charge >= 0.3 is 5.97 Å². The van der Waals surface area contributed by atoms with Crippen LogP contribution in [0.4, 0.5) is 5.69 Å². The van der Waals surface area contributed by atoms with Crippen LogP contribution in [-0.2, 0) is 17.6 Å². The minimum Gasteiger partial charge on any atom is -0.481 e. The van der Waals surface area contributed by atoms with E-state index in [0.29, 0.717) is 34.6 Å². The van der Waals surface area contributed by atoms with Crippen LogP contribution < -0.4 is 5.32 Å². The highest BCUT2D eigenvalue weighted by Gasteiger charge is 2.15. The predicted octanol–water partition coefficient (Wildman–Crippen LogP) is 2.23. The van der Waals surface area contributed by atoms with Gasteiger partial charge in [0, 0.05) is 5.69 Å². The zero-order valence-electron chi connectivity index (χ0n) is 12.5. The van der Waals surface area contributed by atoms with Crippen molar-refractivity contribution in [2.45, 2.75) is 26.7 Å². The minimum atomic E-state index is -0.947. The van der Waals surface area contributed by atoms with E-state index in [4.69, 9.17) is 5.11 Å². The van der Waals surface area contributed by atoms with Crippen LogP contribution in [0.2, 0.25) is 0 Å². The van der Waals surface area contributed by atoms with Crippen LogP contribution in [0, 0.1) is 6.92 Å². The fraction of sp³-hybridized carbons (Fsp3) is 0.250. The molecule has 0 radical (unpaired) electrons. The molecule has 2 N–H and O–H groups in total. The molecular formula is C16H17N3O3. The molecular weight excluding hydrogens is 282 g/mol. The molecule has 2 aromatic rings. The van der Waals surface area contributed by atoms with Crippen LogP contribution in [0.3, 0.4) is 0 Å². The van der Waals surface area contributed by atoms with Crippen LogP contribution >= 0.6 is 0 Å². The summed E-state index contributed by atoms with van der Waals surface area (Å²) in [6.07, 6.45) is 0.442. The number of hydrogen-bond acceptors (Lipinski definition) is 4. The Kier molecular flexibility index (Phi) is 4.83. The smallest absolute Gasteiger partial charge is 0.307 e. The lowest BCUT2D eigenvalue weighted by atomic mass is 10.1. The molecule has 0 bridgehead atoms. The zero-order valence-corrected chi connectivity index (χ0v) is 12.5. The van der Waals surface area contributed by atoms with Gasteiger partial charge in [-0.2, -0.15) is 10.2 Å². The summed E-state index contributed by atoms with van der Waals surface area (Å²) in [6, 6.07) is 8.53. The van der Waals surface area contributed by atoms with E-state index in [1.165, 1.54) is 0 Å². The summed E-state index contributed by atoms with van der Waals surface area (Å²) in [6.45, 7) is 3.66. The van der Waals surface area contributed by atoms with Gasteiger partial charge in [-0.1, -0.05) is 25.1 Å². The van der Waals surface area contributed by atoms with E-state index >= 15 is 0 Å². The van der Waals surface area contributed by atoms with E-state index < -0.39 is 5.97 Å². The molecule has 0 fully saturated rings. The van der Waals surface area contributed by atoms with E-state index in [-0.39, 0.29) is 12.3 Å². The van der Waals surface area contributed by atoms with Crippen molar-refractivity contribution in [3.63, 3.8) is 0 Å². The molecule has 22 heavy (non-hydrogen) atoms. The van der Waals surface area contributed by atoms with Crippen LogP contribution in [0.25, 0.3) is 0 Å². The number of benzene rings is 1. The number of nitrogens with one attached hydrogen (secondary N) is 1. The van der Waals surface area contributed by atoms with Crippen molar-refractivity contribution < 1.29 is 14.7 Å². The summed E-state index contributed by atoms with van der Waals surface area (Å²) in [7, 11) is 0. The average Bonchev–Trinajstić information content (AvgIpc) is 2.48. The van der Waals surface area contributed by atoms with Gasteiger partial charge in [0.15, 0.2) is 0 Å². The quantitative estimate of drug-likeness (QED) is 0.883. The lowest BCUT2D eigenvalue weighted by Gasteiger charge is -2.11. The molecule has 0 atom stereocenters. The van der Waals surface area contributed by atoms with Crippen LogP contribution in [0.15, 0.2) is 30.3 Å². The van der Waals surface area contributed by atoms with Gasteiger partial charge in [-0.15, -0.1) is 0 Å². The molecule has 1 aromatic heterocycles. The van der Waals surface area contributed by atoms with Crippen molar-refractivity contribution in [3.8, 4) is 0 Å². The zero-order chi connectivity index (χ0) is 16.1. The Balaban J connectivity index is 2.30. The molecule has 0 spiro atoms. The van der Waals surface area contributed by atoms with Crippen molar-refractivity contribution in [1.29, 1.82) is 0 Å². The summed E-state index contributed by atoms with van der Waals surface area (Å²) >= 11 is 0. The number of carbonyl (C=O) groups excluding carboxylic acids is 1. The lowest BCUT2D eigenvalue weighted by molar-refractivity contribution is -0.136. The third-order valence-corrected chi connectivity index (χ3v) is 3.18. The summed E-state index contributed by atoms with van der Waals surface area (Å²) in [5, 5.41) is 19.7. The van der Waals surface area contributed by atoms with Gasteiger partial charge in [0.2, 0.25) is 0 Å². The number of anilines is 1. The van der Waals surface area contributed by atoms with Crippen LogP contribution in [0.1, 0.15) is 34.2 Å². The first-order valence-corrected chi connectivity index (χ1v) is 6.95. The summed E-state index contributed by atoms with van der Waals surface area (Å²) in [5.74, 6) is -1.26. The number of para-hydroxylation sites is 1. The topological polar surface area (TPSA) is 92.2 Å². The summed E-state index contributed by atoms with van der Waals surface area (Å²) < 4.78 is 0. The molecule has 114 valence electrons. The number of amides is 1. The van der Waals surface area contributed by atoms with Crippen LogP contribution in [-0.4, -0.2) is 27.2 Å². The lowest BCUT2D eigenvalue weighted by Crippen LogP contribution is -2.17. The van der Waals surface area contributed by atoms with Gasteiger partial charge in [0.05, 0.1) is 23.4 Å². The molecule has 0 aliphatic carbocycles. The van der Waals surface area contributed by atoms with Gasteiger partial charge in [-0.3, -0.25) is 9.59 Å².